The molecule has 0 radical (unpaired) electrons. The molecule has 0 unspecified atom stereocenters. The van der Waals surface area contributed by atoms with Gasteiger partial charge >= 0.3 is 0 Å². The number of hydrogen-bond acceptors (Lipinski definition) is 2. The third-order valence-electron chi connectivity index (χ3n) is 3.20. The van der Waals surface area contributed by atoms with Gasteiger partial charge in [0.1, 0.15) is 5.82 Å². The average Bonchev–Trinajstić information content (AvgIpc) is 2.46. The van der Waals surface area contributed by atoms with Crippen molar-refractivity contribution in [3.8, 4) is 0 Å². The van der Waals surface area contributed by atoms with Gasteiger partial charge in [-0.25, -0.2) is 4.39 Å². The number of anilines is 1. The second-order valence-corrected chi connectivity index (χ2v) is 5.06. The molecule has 3 heteroatoms. The van der Waals surface area contributed by atoms with Crippen molar-refractivity contribution in [1.29, 1.82) is 0 Å². The Hall–Kier alpha value is -2.16. The summed E-state index contributed by atoms with van der Waals surface area (Å²) in [5.74, 6) is 0.187. The molecule has 0 aliphatic carbocycles. The molecule has 0 amide bonds. The topological polar surface area (TPSA) is 29.1 Å². The molecule has 20 heavy (non-hydrogen) atoms. The lowest BCUT2D eigenvalue weighted by Gasteiger charge is -2.08. The van der Waals surface area contributed by atoms with Crippen LogP contribution >= 0.6 is 0 Å². The smallest absolute Gasteiger partial charge is 0.181 e. The Morgan fingerprint density at radius 3 is 2.20 bits per heavy atom. The standard InChI is InChI=1S/C17H18FNO/c1-12(2)13-3-5-14(6-4-13)17(20)11-19-16-9-7-15(18)8-10-16/h3-10,12,19H,11H2,1-2H3. The van der Waals surface area contributed by atoms with Gasteiger partial charge in [-0.05, 0) is 35.7 Å². The zero-order chi connectivity index (χ0) is 14.5. The summed E-state index contributed by atoms with van der Waals surface area (Å²) in [7, 11) is 0. The first kappa shape index (κ1) is 14.3. The van der Waals surface area contributed by atoms with Gasteiger partial charge in [0, 0.05) is 11.3 Å². The Bertz CT molecular complexity index is 573. The van der Waals surface area contributed by atoms with Crippen molar-refractivity contribution in [3.63, 3.8) is 0 Å². The van der Waals surface area contributed by atoms with Gasteiger partial charge in [-0.15, -0.1) is 0 Å². The van der Waals surface area contributed by atoms with Crippen molar-refractivity contribution in [2.24, 2.45) is 0 Å². The maximum absolute atomic E-state index is 12.8. The number of benzene rings is 2. The normalized spacial score (nSPS) is 10.6. The summed E-state index contributed by atoms with van der Waals surface area (Å²) in [6.45, 7) is 4.44. The molecule has 0 fully saturated rings. The summed E-state index contributed by atoms with van der Waals surface area (Å²) in [6.07, 6.45) is 0. The van der Waals surface area contributed by atoms with E-state index in [1.165, 1.54) is 17.7 Å². The number of Topliss-reactive ketones (excluding diaryl/α,β-unsaturated/α-hetero) is 1. The number of carbonyl (C=O) groups excluding carboxylic acids is 1. The Labute approximate surface area is 118 Å². The van der Waals surface area contributed by atoms with Crippen molar-refractivity contribution < 1.29 is 9.18 Å². The molecule has 0 saturated carbocycles. The second-order valence-electron chi connectivity index (χ2n) is 5.06. The molecule has 2 rings (SSSR count). The molecule has 0 bridgehead atoms. The van der Waals surface area contributed by atoms with Crippen LogP contribution in [0.25, 0.3) is 0 Å². The number of carbonyl (C=O) groups is 1. The quantitative estimate of drug-likeness (QED) is 0.824. The maximum Gasteiger partial charge on any atom is 0.181 e. The van der Waals surface area contributed by atoms with Crippen molar-refractivity contribution in [2.75, 3.05) is 11.9 Å². The van der Waals surface area contributed by atoms with Crippen LogP contribution in [0.3, 0.4) is 0 Å². The number of hydrogen-bond donors (Lipinski definition) is 1. The minimum Gasteiger partial charge on any atom is -0.378 e. The van der Waals surface area contributed by atoms with Crippen LogP contribution in [-0.2, 0) is 0 Å². The number of ketones is 1. The number of nitrogens with one attached hydrogen (secondary N) is 1. The SMILES string of the molecule is CC(C)c1ccc(C(=O)CNc2ccc(F)cc2)cc1. The Kier molecular flexibility index (Phi) is 4.51. The molecule has 104 valence electrons. The highest BCUT2D eigenvalue weighted by atomic mass is 19.1. The third kappa shape index (κ3) is 3.67. The zero-order valence-electron chi connectivity index (χ0n) is 11.7. The van der Waals surface area contributed by atoms with E-state index in [-0.39, 0.29) is 18.1 Å². The van der Waals surface area contributed by atoms with E-state index in [4.69, 9.17) is 0 Å². The second kappa shape index (κ2) is 6.33. The fourth-order valence-corrected chi connectivity index (χ4v) is 1.91. The van der Waals surface area contributed by atoms with E-state index in [0.29, 0.717) is 11.5 Å². The largest absolute Gasteiger partial charge is 0.378 e. The number of halogens is 1. The van der Waals surface area contributed by atoms with Gasteiger partial charge in [0.25, 0.3) is 0 Å². The zero-order valence-corrected chi connectivity index (χ0v) is 11.7. The summed E-state index contributed by atoms with van der Waals surface area (Å²) < 4.78 is 12.8. The first-order chi connectivity index (χ1) is 9.56. The van der Waals surface area contributed by atoms with Gasteiger partial charge in [0.15, 0.2) is 5.78 Å². The van der Waals surface area contributed by atoms with Crippen molar-refractivity contribution >= 4 is 11.5 Å². The minimum absolute atomic E-state index is 0.0182. The van der Waals surface area contributed by atoms with Crippen molar-refractivity contribution in [2.45, 2.75) is 19.8 Å². The monoisotopic (exact) mass is 271 g/mol. The lowest BCUT2D eigenvalue weighted by molar-refractivity contribution is 0.101. The lowest BCUT2D eigenvalue weighted by Crippen LogP contribution is -2.14. The predicted molar refractivity (Wildman–Crippen MR) is 79.8 cm³/mol. The van der Waals surface area contributed by atoms with Crippen LogP contribution in [-0.4, -0.2) is 12.3 Å². The van der Waals surface area contributed by atoms with Crippen LogP contribution in [0.2, 0.25) is 0 Å². The molecule has 0 heterocycles. The predicted octanol–water partition coefficient (Wildman–Crippen LogP) is 4.24. The van der Waals surface area contributed by atoms with Crippen molar-refractivity contribution in [1.82, 2.24) is 0 Å². The van der Waals surface area contributed by atoms with E-state index in [0.717, 1.165) is 5.69 Å². The third-order valence-corrected chi connectivity index (χ3v) is 3.20. The van der Waals surface area contributed by atoms with E-state index >= 15 is 0 Å². The molecule has 0 aliphatic rings. The Morgan fingerprint density at radius 1 is 1.05 bits per heavy atom. The minimum atomic E-state index is -0.286. The van der Waals surface area contributed by atoms with E-state index < -0.39 is 0 Å². The lowest BCUT2D eigenvalue weighted by atomic mass is 10.0. The van der Waals surface area contributed by atoms with Crippen molar-refractivity contribution in [3.05, 3.63) is 65.5 Å². The molecule has 0 aromatic heterocycles. The summed E-state index contributed by atoms with van der Waals surface area (Å²) in [6, 6.07) is 13.6. The van der Waals surface area contributed by atoms with Gasteiger partial charge < -0.3 is 5.32 Å². The first-order valence-corrected chi connectivity index (χ1v) is 6.69. The maximum atomic E-state index is 12.8. The van der Waals surface area contributed by atoms with Gasteiger partial charge in [-0.1, -0.05) is 38.1 Å². The molecule has 0 spiro atoms. The summed E-state index contributed by atoms with van der Waals surface area (Å²) in [5, 5.41) is 2.99. The van der Waals surface area contributed by atoms with Gasteiger partial charge in [0.05, 0.1) is 6.54 Å². The summed E-state index contributed by atoms with van der Waals surface area (Å²) >= 11 is 0. The fourth-order valence-electron chi connectivity index (χ4n) is 1.91. The van der Waals surface area contributed by atoms with E-state index in [9.17, 15) is 9.18 Å². The molecular formula is C17H18FNO. The fraction of sp³-hybridized carbons (Fsp3) is 0.235. The highest BCUT2D eigenvalue weighted by Crippen LogP contribution is 2.15. The molecular weight excluding hydrogens is 253 g/mol. The molecule has 0 atom stereocenters. The van der Waals surface area contributed by atoms with Crippen LogP contribution in [0.4, 0.5) is 10.1 Å². The first-order valence-electron chi connectivity index (χ1n) is 6.69. The summed E-state index contributed by atoms with van der Waals surface area (Å²) in [5.41, 5.74) is 2.63. The molecule has 2 aromatic carbocycles. The van der Waals surface area contributed by atoms with Crippen LogP contribution in [0.5, 0.6) is 0 Å². The Morgan fingerprint density at radius 2 is 1.65 bits per heavy atom. The Balaban J connectivity index is 1.96. The van der Waals surface area contributed by atoms with E-state index in [2.05, 4.69) is 19.2 Å². The van der Waals surface area contributed by atoms with Gasteiger partial charge in [-0.2, -0.15) is 0 Å². The summed E-state index contributed by atoms with van der Waals surface area (Å²) in [4.78, 5) is 12.0. The van der Waals surface area contributed by atoms with Crippen LogP contribution in [0, 0.1) is 5.82 Å². The van der Waals surface area contributed by atoms with Gasteiger partial charge in [0.2, 0.25) is 0 Å². The van der Waals surface area contributed by atoms with Gasteiger partial charge in [-0.3, -0.25) is 4.79 Å². The average molecular weight is 271 g/mol. The number of rotatable bonds is 5. The van der Waals surface area contributed by atoms with Crippen LogP contribution < -0.4 is 5.32 Å². The molecule has 0 aliphatic heterocycles. The molecule has 0 saturated heterocycles. The van der Waals surface area contributed by atoms with E-state index in [1.807, 2.05) is 24.3 Å². The molecule has 1 N–H and O–H groups in total. The molecule has 2 aromatic rings. The van der Waals surface area contributed by atoms with Crippen LogP contribution in [0.1, 0.15) is 35.7 Å². The molecule has 2 nitrogen and oxygen atoms in total. The highest BCUT2D eigenvalue weighted by Gasteiger charge is 2.06. The highest BCUT2D eigenvalue weighted by molar-refractivity contribution is 5.99. The van der Waals surface area contributed by atoms with Crippen LogP contribution in [0.15, 0.2) is 48.5 Å². The van der Waals surface area contributed by atoms with E-state index in [1.54, 1.807) is 12.1 Å².